The Bertz CT molecular complexity index is 493. The number of hydrogen-bond donors (Lipinski definition) is 2. The van der Waals surface area contributed by atoms with Gasteiger partial charge in [0.15, 0.2) is 0 Å². The van der Waals surface area contributed by atoms with E-state index in [-0.39, 0.29) is 0 Å². The molecule has 0 aromatic heterocycles. The van der Waals surface area contributed by atoms with Crippen molar-refractivity contribution in [1.82, 2.24) is 5.32 Å². The van der Waals surface area contributed by atoms with Crippen molar-refractivity contribution in [3.8, 4) is 0 Å². The molecule has 0 amide bonds. The predicted octanol–water partition coefficient (Wildman–Crippen LogP) is 5.91. The van der Waals surface area contributed by atoms with E-state index < -0.39 is 0 Å². The summed E-state index contributed by atoms with van der Waals surface area (Å²) in [6, 6.07) is 1.83. The minimum atomic E-state index is 0.301. The number of nitrogens with one attached hydrogen (secondary N) is 1. The molecule has 0 aromatic rings. The standard InChI is InChI=1S/C28H52N2O/c1-2-3-4-5-6-7-8-9-10-11-12-13-16-22-29-28-23-18-14-15-19-24(23)30-25-20-17-21-26(31)27(25)28/h23-25,27-30H,2-22H2,1H3/p+1. The maximum absolute atomic E-state index is 12.8. The minimum Gasteiger partial charge on any atom is -0.340 e. The van der Waals surface area contributed by atoms with Crippen LogP contribution in [0.2, 0.25) is 0 Å². The topological polar surface area (TPSA) is 45.7 Å². The zero-order valence-corrected chi connectivity index (χ0v) is 20.7. The van der Waals surface area contributed by atoms with Crippen LogP contribution in [0.5, 0.6) is 0 Å². The van der Waals surface area contributed by atoms with E-state index in [0.717, 1.165) is 31.3 Å². The number of nitrogens with two attached hydrogens (primary N) is 1. The molecule has 31 heavy (non-hydrogen) atoms. The summed E-state index contributed by atoms with van der Waals surface area (Å²) in [4.78, 5) is 12.8. The number of rotatable bonds is 15. The number of piperidine rings is 1. The zero-order valence-electron chi connectivity index (χ0n) is 20.7. The van der Waals surface area contributed by atoms with Crippen molar-refractivity contribution in [2.24, 2.45) is 11.8 Å². The van der Waals surface area contributed by atoms with Crippen LogP contribution in [0.15, 0.2) is 0 Å². The summed E-state index contributed by atoms with van der Waals surface area (Å²) in [6.07, 6.45) is 27.1. The summed E-state index contributed by atoms with van der Waals surface area (Å²) >= 11 is 0. The fourth-order valence-electron chi connectivity index (χ4n) is 6.93. The molecule has 3 aliphatic rings. The van der Waals surface area contributed by atoms with Crippen molar-refractivity contribution in [2.45, 2.75) is 153 Å². The summed E-state index contributed by atoms with van der Waals surface area (Å²) in [5.74, 6) is 1.61. The summed E-state index contributed by atoms with van der Waals surface area (Å²) in [6.45, 7) is 3.42. The van der Waals surface area contributed by atoms with Crippen molar-refractivity contribution in [3.63, 3.8) is 0 Å². The van der Waals surface area contributed by atoms with Crippen molar-refractivity contribution < 1.29 is 10.1 Å². The second-order valence-electron chi connectivity index (χ2n) is 11.1. The normalized spacial score (nSPS) is 30.7. The molecule has 1 aliphatic heterocycles. The minimum absolute atomic E-state index is 0.301. The van der Waals surface area contributed by atoms with E-state index in [1.165, 1.54) is 116 Å². The molecular formula is C28H53N2O+. The molecule has 3 N–H and O–H groups in total. The van der Waals surface area contributed by atoms with E-state index in [1.54, 1.807) is 0 Å². The van der Waals surface area contributed by atoms with Gasteiger partial charge in [-0.1, -0.05) is 90.4 Å². The fraction of sp³-hybridized carbons (Fsp3) is 0.964. The van der Waals surface area contributed by atoms with Gasteiger partial charge >= 0.3 is 0 Å². The molecule has 0 bridgehead atoms. The number of carbonyl (C=O) groups is 1. The zero-order chi connectivity index (χ0) is 21.7. The third-order valence-corrected chi connectivity index (χ3v) is 8.67. The highest BCUT2D eigenvalue weighted by Crippen LogP contribution is 2.36. The van der Waals surface area contributed by atoms with Crippen molar-refractivity contribution in [3.05, 3.63) is 0 Å². The Morgan fingerprint density at radius 2 is 1.32 bits per heavy atom. The summed E-state index contributed by atoms with van der Waals surface area (Å²) in [7, 11) is 0. The van der Waals surface area contributed by atoms with Crippen LogP contribution in [0.1, 0.15) is 135 Å². The van der Waals surface area contributed by atoms with E-state index in [2.05, 4.69) is 17.6 Å². The van der Waals surface area contributed by atoms with Crippen molar-refractivity contribution in [2.75, 3.05) is 6.54 Å². The van der Waals surface area contributed by atoms with Crippen LogP contribution < -0.4 is 10.6 Å². The van der Waals surface area contributed by atoms with Gasteiger partial charge in [-0.15, -0.1) is 0 Å². The lowest BCUT2D eigenvalue weighted by atomic mass is 9.65. The highest BCUT2D eigenvalue weighted by molar-refractivity contribution is 5.83. The number of carbonyl (C=O) groups excluding carboxylic acids is 1. The molecule has 3 fully saturated rings. The summed E-state index contributed by atoms with van der Waals surface area (Å²) < 4.78 is 0. The first-order valence-corrected chi connectivity index (χ1v) is 14.4. The molecule has 3 rings (SSSR count). The van der Waals surface area contributed by atoms with Crippen LogP contribution in [0.4, 0.5) is 0 Å². The molecule has 2 saturated carbocycles. The van der Waals surface area contributed by atoms with Gasteiger partial charge in [-0.3, -0.25) is 4.79 Å². The Hall–Kier alpha value is -0.410. The fourth-order valence-corrected chi connectivity index (χ4v) is 6.93. The highest BCUT2D eigenvalue weighted by atomic mass is 16.1. The van der Waals surface area contributed by atoms with Crippen molar-refractivity contribution in [1.29, 1.82) is 0 Å². The molecule has 0 aromatic carbocycles. The summed E-state index contributed by atoms with van der Waals surface area (Å²) in [5.41, 5.74) is 0. The maximum atomic E-state index is 12.8. The SMILES string of the molecule is CCCCCCCCCCCCCCCNC1C2CCCCC2[NH2+]C2CCCC(=O)C21. The number of quaternary nitrogens is 1. The van der Waals surface area contributed by atoms with Gasteiger partial charge in [-0.05, 0) is 38.6 Å². The first-order chi connectivity index (χ1) is 15.3. The van der Waals surface area contributed by atoms with Crippen LogP contribution in [0, 0.1) is 11.8 Å². The van der Waals surface area contributed by atoms with Gasteiger partial charge in [-0.2, -0.15) is 0 Å². The Morgan fingerprint density at radius 1 is 0.742 bits per heavy atom. The lowest BCUT2D eigenvalue weighted by molar-refractivity contribution is -0.745. The van der Waals surface area contributed by atoms with Crippen LogP contribution in [-0.2, 0) is 4.79 Å². The Morgan fingerprint density at radius 3 is 2.00 bits per heavy atom. The second kappa shape index (κ2) is 14.7. The van der Waals surface area contributed by atoms with E-state index >= 15 is 0 Å². The van der Waals surface area contributed by atoms with Gasteiger partial charge in [0.05, 0.1) is 18.0 Å². The van der Waals surface area contributed by atoms with E-state index in [9.17, 15) is 4.79 Å². The van der Waals surface area contributed by atoms with Crippen LogP contribution >= 0.6 is 0 Å². The van der Waals surface area contributed by atoms with Crippen LogP contribution in [-0.4, -0.2) is 30.5 Å². The number of hydrogen-bond acceptors (Lipinski definition) is 2. The quantitative estimate of drug-likeness (QED) is 0.315. The number of Topliss-reactive ketones (excluding diaryl/α,β-unsaturated/α-hetero) is 1. The second-order valence-corrected chi connectivity index (χ2v) is 11.1. The number of ketones is 1. The lowest BCUT2D eigenvalue weighted by Crippen LogP contribution is -3.02. The maximum Gasteiger partial charge on any atom is 0.143 e. The molecule has 3 heteroatoms. The average molecular weight is 434 g/mol. The third-order valence-electron chi connectivity index (χ3n) is 8.67. The molecule has 0 spiro atoms. The van der Waals surface area contributed by atoms with Gasteiger partial charge in [0.2, 0.25) is 0 Å². The van der Waals surface area contributed by atoms with E-state index in [0.29, 0.717) is 23.8 Å². The average Bonchev–Trinajstić information content (AvgIpc) is 2.79. The predicted molar refractivity (Wildman–Crippen MR) is 131 cm³/mol. The summed E-state index contributed by atoms with van der Waals surface area (Å²) in [5, 5.41) is 6.58. The highest BCUT2D eigenvalue weighted by Gasteiger charge is 2.51. The smallest absolute Gasteiger partial charge is 0.143 e. The lowest BCUT2D eigenvalue weighted by Gasteiger charge is -2.48. The molecular weight excluding hydrogens is 380 g/mol. The molecule has 180 valence electrons. The monoisotopic (exact) mass is 433 g/mol. The number of unbranched alkanes of at least 4 members (excludes halogenated alkanes) is 12. The van der Waals surface area contributed by atoms with Crippen LogP contribution in [0.25, 0.3) is 0 Å². The van der Waals surface area contributed by atoms with Gasteiger partial charge in [-0.25, -0.2) is 0 Å². The van der Waals surface area contributed by atoms with Gasteiger partial charge in [0.25, 0.3) is 0 Å². The Kier molecular flexibility index (Phi) is 11.9. The Labute approximate surface area is 193 Å². The van der Waals surface area contributed by atoms with Crippen LogP contribution in [0.3, 0.4) is 0 Å². The molecule has 1 saturated heterocycles. The van der Waals surface area contributed by atoms with Gasteiger partial charge < -0.3 is 10.6 Å². The van der Waals surface area contributed by atoms with E-state index in [4.69, 9.17) is 0 Å². The molecule has 5 atom stereocenters. The molecule has 5 unspecified atom stereocenters. The molecule has 0 radical (unpaired) electrons. The van der Waals surface area contributed by atoms with Gasteiger partial charge in [0.1, 0.15) is 5.78 Å². The van der Waals surface area contributed by atoms with E-state index in [1.807, 2.05) is 0 Å². The first kappa shape index (κ1) is 25.2. The molecule has 1 heterocycles. The first-order valence-electron chi connectivity index (χ1n) is 14.4. The number of fused-ring (bicyclic) bond motifs is 2. The Balaban J connectivity index is 1.25. The molecule has 3 nitrogen and oxygen atoms in total. The molecule has 2 aliphatic carbocycles. The third kappa shape index (κ3) is 8.14. The van der Waals surface area contributed by atoms with Crippen molar-refractivity contribution >= 4 is 5.78 Å². The largest absolute Gasteiger partial charge is 0.340 e. The van der Waals surface area contributed by atoms with Gasteiger partial charge in [0, 0.05) is 24.8 Å².